The van der Waals surface area contributed by atoms with Crippen molar-refractivity contribution in [1.29, 1.82) is 0 Å². The summed E-state index contributed by atoms with van der Waals surface area (Å²) in [7, 11) is 0. The zero-order valence-electron chi connectivity index (χ0n) is 9.98. The highest BCUT2D eigenvalue weighted by atomic mass is 32.2. The predicted octanol–water partition coefficient (Wildman–Crippen LogP) is 2.23. The highest BCUT2D eigenvalue weighted by molar-refractivity contribution is 8.00. The molecule has 1 saturated heterocycles. The van der Waals surface area contributed by atoms with E-state index in [1.54, 1.807) is 18.2 Å². The Hall–Kier alpha value is -1.11. The van der Waals surface area contributed by atoms with Gasteiger partial charge in [-0.2, -0.15) is 0 Å². The van der Waals surface area contributed by atoms with Gasteiger partial charge in [0.1, 0.15) is 0 Å². The van der Waals surface area contributed by atoms with Gasteiger partial charge in [0.25, 0.3) is 5.69 Å². The highest BCUT2D eigenvalue weighted by Crippen LogP contribution is 2.38. The third kappa shape index (κ3) is 2.82. The van der Waals surface area contributed by atoms with Crippen LogP contribution in [0.4, 0.5) is 5.69 Å². The lowest BCUT2D eigenvalue weighted by Crippen LogP contribution is -2.14. The average Bonchev–Trinajstić information content (AvgIpc) is 2.71. The van der Waals surface area contributed by atoms with E-state index in [1.165, 1.54) is 17.8 Å². The van der Waals surface area contributed by atoms with Crippen molar-refractivity contribution in [2.45, 2.75) is 35.7 Å². The van der Waals surface area contributed by atoms with Crippen LogP contribution in [0.1, 0.15) is 13.3 Å². The molecule has 1 fully saturated rings. The summed E-state index contributed by atoms with van der Waals surface area (Å²) in [6, 6.07) is 6.71. The maximum Gasteiger partial charge on any atom is 0.282 e. The Morgan fingerprint density at radius 2 is 2.28 bits per heavy atom. The van der Waals surface area contributed by atoms with Crippen molar-refractivity contribution in [3.8, 4) is 0 Å². The highest BCUT2D eigenvalue weighted by Gasteiger charge is 2.33. The number of hydrogen-bond donors (Lipinski definition) is 1. The minimum Gasteiger partial charge on any atom is -0.394 e. The van der Waals surface area contributed by atoms with Gasteiger partial charge in [-0.05, 0) is 19.4 Å². The molecule has 0 aliphatic carbocycles. The average molecular weight is 269 g/mol. The maximum atomic E-state index is 10.9. The van der Waals surface area contributed by atoms with E-state index in [2.05, 4.69) is 0 Å². The summed E-state index contributed by atoms with van der Waals surface area (Å²) >= 11 is 1.46. The Bertz CT molecular complexity index is 440. The number of aliphatic hydroxyl groups is 1. The Morgan fingerprint density at radius 1 is 1.56 bits per heavy atom. The number of hydrogen-bond acceptors (Lipinski definition) is 5. The summed E-state index contributed by atoms with van der Waals surface area (Å²) in [4.78, 5) is 11.2. The van der Waals surface area contributed by atoms with Gasteiger partial charge in [0.15, 0.2) is 0 Å². The molecule has 1 N–H and O–H groups in total. The number of nitrogens with zero attached hydrogens (tertiary/aromatic N) is 1. The molecule has 0 amide bonds. The standard InChI is InChI=1S/C12H15NO4S/c1-8-12(6-9(7-14)17-8)18-11-5-3-2-4-10(11)13(15)16/h2-5,8-9,12,14H,6-7H2,1H3/t8?,9-,12?/m0/s1. The molecule has 0 saturated carbocycles. The number of ether oxygens (including phenoxy) is 1. The summed E-state index contributed by atoms with van der Waals surface area (Å²) in [5, 5.41) is 20.1. The van der Waals surface area contributed by atoms with E-state index < -0.39 is 0 Å². The summed E-state index contributed by atoms with van der Waals surface area (Å²) in [6.07, 6.45) is 0.557. The number of thioether (sulfide) groups is 1. The van der Waals surface area contributed by atoms with Crippen LogP contribution in [0.3, 0.4) is 0 Å². The van der Waals surface area contributed by atoms with Crippen molar-refractivity contribution in [3.63, 3.8) is 0 Å². The van der Waals surface area contributed by atoms with Crippen molar-refractivity contribution in [1.82, 2.24) is 0 Å². The third-order valence-electron chi connectivity index (χ3n) is 2.97. The lowest BCUT2D eigenvalue weighted by atomic mass is 10.2. The fourth-order valence-corrected chi connectivity index (χ4v) is 3.34. The molecule has 0 bridgehead atoms. The fourth-order valence-electron chi connectivity index (χ4n) is 2.03. The van der Waals surface area contributed by atoms with Crippen LogP contribution in [-0.2, 0) is 4.74 Å². The van der Waals surface area contributed by atoms with E-state index in [9.17, 15) is 10.1 Å². The lowest BCUT2D eigenvalue weighted by molar-refractivity contribution is -0.387. The fraction of sp³-hybridized carbons (Fsp3) is 0.500. The monoisotopic (exact) mass is 269 g/mol. The van der Waals surface area contributed by atoms with E-state index in [0.29, 0.717) is 11.3 Å². The number of rotatable bonds is 4. The molecule has 1 aliphatic heterocycles. The zero-order valence-corrected chi connectivity index (χ0v) is 10.8. The maximum absolute atomic E-state index is 10.9. The minimum absolute atomic E-state index is 0.00170. The second kappa shape index (κ2) is 5.69. The number of para-hydroxylation sites is 1. The number of aliphatic hydroxyl groups excluding tert-OH is 1. The Labute approximate surface area is 109 Å². The topological polar surface area (TPSA) is 72.6 Å². The van der Waals surface area contributed by atoms with E-state index in [-0.39, 0.29) is 34.7 Å². The quantitative estimate of drug-likeness (QED) is 0.670. The molecule has 2 unspecified atom stereocenters. The largest absolute Gasteiger partial charge is 0.394 e. The van der Waals surface area contributed by atoms with Crippen LogP contribution in [0, 0.1) is 10.1 Å². The SMILES string of the molecule is CC1O[C@H](CO)CC1Sc1ccccc1[N+](=O)[O-]. The van der Waals surface area contributed by atoms with Gasteiger partial charge in [-0.1, -0.05) is 12.1 Å². The van der Waals surface area contributed by atoms with Crippen LogP contribution in [0.5, 0.6) is 0 Å². The van der Waals surface area contributed by atoms with Gasteiger partial charge < -0.3 is 9.84 Å². The summed E-state index contributed by atoms with van der Waals surface area (Å²) in [5.74, 6) is 0. The molecular weight excluding hydrogens is 254 g/mol. The number of nitro groups is 1. The summed E-state index contributed by atoms with van der Waals surface area (Å²) in [6.45, 7) is 1.93. The summed E-state index contributed by atoms with van der Waals surface area (Å²) in [5.41, 5.74) is 0.127. The van der Waals surface area contributed by atoms with Crippen LogP contribution in [-0.4, -0.2) is 34.1 Å². The first-order valence-corrected chi connectivity index (χ1v) is 6.66. The first kappa shape index (κ1) is 13.3. The third-order valence-corrected chi connectivity index (χ3v) is 4.45. The first-order chi connectivity index (χ1) is 8.61. The first-order valence-electron chi connectivity index (χ1n) is 5.78. The molecule has 0 radical (unpaired) electrons. The van der Waals surface area contributed by atoms with Crippen LogP contribution < -0.4 is 0 Å². The predicted molar refractivity (Wildman–Crippen MR) is 68.8 cm³/mol. The molecule has 1 heterocycles. The molecule has 1 aliphatic rings. The zero-order chi connectivity index (χ0) is 13.1. The number of nitro benzene ring substituents is 1. The molecule has 98 valence electrons. The van der Waals surface area contributed by atoms with Gasteiger partial charge in [-0.3, -0.25) is 10.1 Å². The molecule has 0 aromatic heterocycles. The van der Waals surface area contributed by atoms with Crippen molar-refractivity contribution in [2.24, 2.45) is 0 Å². The molecule has 1 aromatic rings. The Kier molecular flexibility index (Phi) is 4.21. The molecular formula is C12H15NO4S. The molecule has 1 aromatic carbocycles. The van der Waals surface area contributed by atoms with Gasteiger partial charge in [-0.15, -0.1) is 11.8 Å². The Morgan fingerprint density at radius 3 is 2.89 bits per heavy atom. The van der Waals surface area contributed by atoms with E-state index in [0.717, 1.165) is 0 Å². The van der Waals surface area contributed by atoms with E-state index in [1.807, 2.05) is 6.92 Å². The van der Waals surface area contributed by atoms with Crippen molar-refractivity contribution >= 4 is 17.4 Å². The molecule has 5 nitrogen and oxygen atoms in total. The molecule has 0 spiro atoms. The van der Waals surface area contributed by atoms with Gasteiger partial charge in [0.05, 0.1) is 28.6 Å². The van der Waals surface area contributed by atoms with Gasteiger partial charge in [0, 0.05) is 11.3 Å². The second-order valence-corrected chi connectivity index (χ2v) is 5.54. The molecule has 6 heteroatoms. The van der Waals surface area contributed by atoms with Crippen LogP contribution in [0.2, 0.25) is 0 Å². The van der Waals surface area contributed by atoms with Gasteiger partial charge in [-0.25, -0.2) is 0 Å². The van der Waals surface area contributed by atoms with Crippen LogP contribution in [0.25, 0.3) is 0 Å². The lowest BCUT2D eigenvalue weighted by Gasteiger charge is -2.13. The van der Waals surface area contributed by atoms with E-state index >= 15 is 0 Å². The van der Waals surface area contributed by atoms with Crippen molar-refractivity contribution < 1.29 is 14.8 Å². The van der Waals surface area contributed by atoms with Crippen LogP contribution in [0.15, 0.2) is 29.2 Å². The second-order valence-electron chi connectivity index (χ2n) is 4.26. The van der Waals surface area contributed by atoms with Crippen LogP contribution >= 0.6 is 11.8 Å². The van der Waals surface area contributed by atoms with Crippen molar-refractivity contribution in [2.75, 3.05) is 6.61 Å². The van der Waals surface area contributed by atoms with Crippen molar-refractivity contribution in [3.05, 3.63) is 34.4 Å². The van der Waals surface area contributed by atoms with Gasteiger partial charge >= 0.3 is 0 Å². The minimum atomic E-state index is -0.369. The smallest absolute Gasteiger partial charge is 0.282 e. The molecule has 2 rings (SSSR count). The van der Waals surface area contributed by atoms with Gasteiger partial charge in [0.2, 0.25) is 0 Å². The summed E-state index contributed by atoms with van der Waals surface area (Å²) < 4.78 is 5.55. The molecule has 3 atom stereocenters. The number of benzene rings is 1. The Balaban J connectivity index is 2.12. The molecule has 18 heavy (non-hydrogen) atoms. The normalized spacial score (nSPS) is 27.3. The van der Waals surface area contributed by atoms with E-state index in [4.69, 9.17) is 9.84 Å².